The SMILES string of the molecule is CCN(Cc1ccncc1)S(=O)(=O)c1ccccc1NN. The number of hydrazine groups is 1. The van der Waals surface area contributed by atoms with Gasteiger partial charge in [-0.1, -0.05) is 19.1 Å². The van der Waals surface area contributed by atoms with Gasteiger partial charge in [-0.15, -0.1) is 0 Å². The topological polar surface area (TPSA) is 88.3 Å². The van der Waals surface area contributed by atoms with Crippen molar-refractivity contribution >= 4 is 15.7 Å². The van der Waals surface area contributed by atoms with Crippen LogP contribution < -0.4 is 11.3 Å². The summed E-state index contributed by atoms with van der Waals surface area (Å²) in [5.74, 6) is 5.40. The number of nitrogens with two attached hydrogens (primary N) is 1. The molecule has 0 radical (unpaired) electrons. The Morgan fingerprint density at radius 1 is 1.19 bits per heavy atom. The molecule has 2 aromatic rings. The maximum absolute atomic E-state index is 12.8. The van der Waals surface area contributed by atoms with E-state index in [-0.39, 0.29) is 4.90 Å². The van der Waals surface area contributed by atoms with Crippen molar-refractivity contribution in [3.63, 3.8) is 0 Å². The lowest BCUT2D eigenvalue weighted by Crippen LogP contribution is -2.31. The van der Waals surface area contributed by atoms with Crippen molar-refractivity contribution in [2.45, 2.75) is 18.4 Å². The van der Waals surface area contributed by atoms with Gasteiger partial charge in [-0.05, 0) is 29.8 Å². The van der Waals surface area contributed by atoms with E-state index in [9.17, 15) is 8.42 Å². The zero-order valence-electron chi connectivity index (χ0n) is 11.7. The normalized spacial score (nSPS) is 11.6. The average molecular weight is 306 g/mol. The Morgan fingerprint density at radius 3 is 2.48 bits per heavy atom. The maximum Gasteiger partial charge on any atom is 0.245 e. The molecule has 0 saturated heterocycles. The molecule has 21 heavy (non-hydrogen) atoms. The van der Waals surface area contributed by atoms with Crippen LogP contribution in [0.25, 0.3) is 0 Å². The highest BCUT2D eigenvalue weighted by molar-refractivity contribution is 7.89. The number of hydrogen-bond acceptors (Lipinski definition) is 5. The largest absolute Gasteiger partial charge is 0.323 e. The van der Waals surface area contributed by atoms with Crippen LogP contribution in [0.4, 0.5) is 5.69 Å². The Hall–Kier alpha value is -1.96. The number of rotatable bonds is 6. The van der Waals surface area contributed by atoms with Gasteiger partial charge in [-0.3, -0.25) is 10.8 Å². The second-order valence-corrected chi connectivity index (χ2v) is 6.33. The van der Waals surface area contributed by atoms with Crippen LogP contribution in [0.5, 0.6) is 0 Å². The van der Waals surface area contributed by atoms with E-state index in [1.807, 2.05) is 0 Å². The van der Waals surface area contributed by atoms with Gasteiger partial charge >= 0.3 is 0 Å². The summed E-state index contributed by atoms with van der Waals surface area (Å²) in [4.78, 5) is 4.10. The molecule has 0 spiro atoms. The summed E-state index contributed by atoms with van der Waals surface area (Å²) in [7, 11) is -3.62. The Morgan fingerprint density at radius 2 is 1.86 bits per heavy atom. The fourth-order valence-corrected chi connectivity index (χ4v) is 3.60. The van der Waals surface area contributed by atoms with Crippen LogP contribution >= 0.6 is 0 Å². The molecule has 0 saturated carbocycles. The second-order valence-electron chi connectivity index (χ2n) is 4.43. The number of anilines is 1. The molecule has 0 fully saturated rings. The third-order valence-corrected chi connectivity index (χ3v) is 5.10. The fourth-order valence-electron chi connectivity index (χ4n) is 2.01. The van der Waals surface area contributed by atoms with Gasteiger partial charge in [0.15, 0.2) is 0 Å². The lowest BCUT2D eigenvalue weighted by atomic mass is 10.3. The number of nitrogen functional groups attached to an aromatic ring is 1. The van der Waals surface area contributed by atoms with Crippen LogP contribution in [0, 0.1) is 0 Å². The quantitative estimate of drug-likeness (QED) is 0.625. The zero-order chi connectivity index (χ0) is 15.3. The highest BCUT2D eigenvalue weighted by atomic mass is 32.2. The van der Waals surface area contributed by atoms with Gasteiger partial charge in [-0.25, -0.2) is 8.42 Å². The summed E-state index contributed by atoms with van der Waals surface area (Å²) in [5, 5.41) is 0. The van der Waals surface area contributed by atoms with E-state index in [0.717, 1.165) is 5.56 Å². The van der Waals surface area contributed by atoms with E-state index < -0.39 is 10.0 Å². The number of benzene rings is 1. The van der Waals surface area contributed by atoms with Crippen LogP contribution in [0.2, 0.25) is 0 Å². The lowest BCUT2D eigenvalue weighted by Gasteiger charge is -2.22. The molecule has 1 aromatic heterocycles. The average Bonchev–Trinajstić information content (AvgIpc) is 2.53. The van der Waals surface area contributed by atoms with E-state index in [1.54, 1.807) is 55.7 Å². The lowest BCUT2D eigenvalue weighted by molar-refractivity contribution is 0.423. The fraction of sp³-hybridized carbons (Fsp3) is 0.214. The highest BCUT2D eigenvalue weighted by Gasteiger charge is 2.25. The van der Waals surface area contributed by atoms with Gasteiger partial charge in [0.2, 0.25) is 10.0 Å². The number of nitrogens with zero attached hydrogens (tertiary/aromatic N) is 2. The minimum absolute atomic E-state index is 0.170. The molecule has 2 rings (SSSR count). The summed E-state index contributed by atoms with van der Waals surface area (Å²) in [6.45, 7) is 2.46. The van der Waals surface area contributed by atoms with Crippen molar-refractivity contribution in [3.8, 4) is 0 Å². The second kappa shape index (κ2) is 6.66. The van der Waals surface area contributed by atoms with E-state index in [1.165, 1.54) is 4.31 Å². The number of aromatic nitrogens is 1. The van der Waals surface area contributed by atoms with Crippen LogP contribution in [0.3, 0.4) is 0 Å². The molecule has 1 heterocycles. The molecule has 0 amide bonds. The van der Waals surface area contributed by atoms with Crippen molar-refractivity contribution in [2.75, 3.05) is 12.0 Å². The Labute approximate surface area is 124 Å². The summed E-state index contributed by atoms with van der Waals surface area (Å²) in [5.41, 5.74) is 3.69. The summed E-state index contributed by atoms with van der Waals surface area (Å²) < 4.78 is 26.9. The van der Waals surface area contributed by atoms with Crippen LogP contribution in [-0.4, -0.2) is 24.3 Å². The first-order valence-electron chi connectivity index (χ1n) is 6.54. The van der Waals surface area contributed by atoms with Crippen LogP contribution in [0.15, 0.2) is 53.7 Å². The molecule has 0 bridgehead atoms. The molecule has 1 aromatic carbocycles. The van der Waals surface area contributed by atoms with E-state index in [0.29, 0.717) is 18.8 Å². The molecule has 3 N–H and O–H groups in total. The Bertz CT molecular complexity index is 689. The van der Waals surface area contributed by atoms with Crippen molar-refractivity contribution in [1.29, 1.82) is 0 Å². The van der Waals surface area contributed by atoms with Gasteiger partial charge < -0.3 is 5.43 Å². The first-order chi connectivity index (χ1) is 10.1. The molecule has 6 nitrogen and oxygen atoms in total. The zero-order valence-corrected chi connectivity index (χ0v) is 12.5. The van der Waals surface area contributed by atoms with Gasteiger partial charge in [0.25, 0.3) is 0 Å². The van der Waals surface area contributed by atoms with E-state index in [2.05, 4.69) is 10.4 Å². The van der Waals surface area contributed by atoms with Crippen molar-refractivity contribution in [1.82, 2.24) is 9.29 Å². The molecular formula is C14H18N4O2S. The Kier molecular flexibility index (Phi) is 4.89. The van der Waals surface area contributed by atoms with Crippen molar-refractivity contribution < 1.29 is 8.42 Å². The van der Waals surface area contributed by atoms with E-state index >= 15 is 0 Å². The molecular weight excluding hydrogens is 288 g/mol. The van der Waals surface area contributed by atoms with Gasteiger partial charge in [0.1, 0.15) is 4.90 Å². The molecule has 7 heteroatoms. The molecule has 0 aliphatic rings. The maximum atomic E-state index is 12.8. The van der Waals surface area contributed by atoms with Gasteiger partial charge in [-0.2, -0.15) is 4.31 Å². The number of para-hydroxylation sites is 1. The highest BCUT2D eigenvalue weighted by Crippen LogP contribution is 2.24. The number of sulfonamides is 1. The Balaban J connectivity index is 2.36. The van der Waals surface area contributed by atoms with Gasteiger partial charge in [0, 0.05) is 25.5 Å². The monoisotopic (exact) mass is 306 g/mol. The first-order valence-corrected chi connectivity index (χ1v) is 7.98. The number of pyridine rings is 1. The third kappa shape index (κ3) is 3.38. The summed E-state index contributed by atoms with van der Waals surface area (Å²) in [6.07, 6.45) is 3.29. The minimum Gasteiger partial charge on any atom is -0.323 e. The standard InChI is InChI=1S/C14H18N4O2S/c1-2-18(11-12-7-9-16-10-8-12)21(19,20)14-6-4-3-5-13(14)17-15/h3-10,17H,2,11,15H2,1H3. The molecule has 0 aliphatic carbocycles. The predicted octanol–water partition coefficient (Wildman–Crippen LogP) is 1.58. The molecule has 112 valence electrons. The summed E-state index contributed by atoms with van der Waals surface area (Å²) >= 11 is 0. The molecule has 0 aliphatic heterocycles. The molecule has 0 atom stereocenters. The minimum atomic E-state index is -3.62. The van der Waals surface area contributed by atoms with Crippen LogP contribution in [-0.2, 0) is 16.6 Å². The summed E-state index contributed by atoms with van der Waals surface area (Å²) in [6, 6.07) is 10.2. The number of hydrogen-bond donors (Lipinski definition) is 2. The van der Waals surface area contributed by atoms with E-state index in [4.69, 9.17) is 5.84 Å². The van der Waals surface area contributed by atoms with Crippen molar-refractivity contribution in [3.05, 3.63) is 54.4 Å². The van der Waals surface area contributed by atoms with Gasteiger partial charge in [0.05, 0.1) is 5.69 Å². The smallest absolute Gasteiger partial charge is 0.245 e. The first kappa shape index (κ1) is 15.4. The third-order valence-electron chi connectivity index (χ3n) is 3.12. The predicted molar refractivity (Wildman–Crippen MR) is 81.8 cm³/mol. The van der Waals surface area contributed by atoms with Crippen molar-refractivity contribution in [2.24, 2.45) is 5.84 Å². The number of nitrogens with one attached hydrogen (secondary N) is 1. The van der Waals surface area contributed by atoms with Crippen LogP contribution in [0.1, 0.15) is 12.5 Å². The molecule has 0 unspecified atom stereocenters.